The minimum absolute atomic E-state index is 0.123. The molecule has 1 heterocycles. The number of ether oxygens (including phenoxy) is 1. The van der Waals surface area contributed by atoms with Crippen LogP contribution in [0.1, 0.15) is 11.3 Å². The summed E-state index contributed by atoms with van der Waals surface area (Å²) in [5, 5.41) is 9.72. The molecule has 3 aromatic rings. The molecule has 0 aliphatic carbocycles. The predicted octanol–water partition coefficient (Wildman–Crippen LogP) is 3.64. The molecule has 116 valence electrons. The van der Waals surface area contributed by atoms with Crippen LogP contribution in [0.25, 0.3) is 11.1 Å². The smallest absolute Gasteiger partial charge is 0.283 e. The van der Waals surface area contributed by atoms with E-state index in [4.69, 9.17) is 4.74 Å². The van der Waals surface area contributed by atoms with Gasteiger partial charge in [-0.3, -0.25) is 4.79 Å². The molecule has 3 rings (SSSR count). The molecule has 4 nitrogen and oxygen atoms in total. The van der Waals surface area contributed by atoms with Gasteiger partial charge in [-0.2, -0.15) is 0 Å². The van der Waals surface area contributed by atoms with Crippen LogP contribution < -0.4 is 10.3 Å². The van der Waals surface area contributed by atoms with Gasteiger partial charge in [-0.05, 0) is 41.8 Å². The number of nitrogens with zero attached hydrogens (tertiary/aromatic N) is 1. The molecule has 0 saturated carbocycles. The Kier molecular flexibility index (Phi) is 4.15. The third-order valence-corrected chi connectivity index (χ3v) is 3.57. The summed E-state index contributed by atoms with van der Waals surface area (Å²) in [5.74, 6) is 0.679. The van der Waals surface area contributed by atoms with Crippen LogP contribution in [0.15, 0.2) is 71.5 Å². The van der Waals surface area contributed by atoms with E-state index in [-0.39, 0.29) is 6.61 Å². The Labute approximate surface area is 134 Å². The molecule has 0 amide bonds. The van der Waals surface area contributed by atoms with Gasteiger partial charge in [0.25, 0.3) is 5.56 Å². The molecule has 0 radical (unpaired) electrons. The van der Waals surface area contributed by atoms with Crippen LogP contribution in [-0.2, 0) is 6.61 Å². The van der Waals surface area contributed by atoms with Crippen molar-refractivity contribution in [1.29, 1.82) is 0 Å². The number of rotatable bonds is 4. The standard InChI is InChI=1S/C19H17NO3/c1-14-11-17(20(22)19(21)12-14)13-23-18-9-7-16(8-10-18)15-5-3-2-4-6-15/h2-12,22H,13H2,1H3. The van der Waals surface area contributed by atoms with Crippen molar-refractivity contribution in [2.24, 2.45) is 0 Å². The zero-order chi connectivity index (χ0) is 16.2. The van der Waals surface area contributed by atoms with E-state index in [0.29, 0.717) is 16.2 Å². The predicted molar refractivity (Wildman–Crippen MR) is 88.8 cm³/mol. The average molecular weight is 307 g/mol. The van der Waals surface area contributed by atoms with Gasteiger partial charge in [-0.1, -0.05) is 42.5 Å². The lowest BCUT2D eigenvalue weighted by Gasteiger charge is -2.10. The molecule has 0 saturated heterocycles. The number of pyridine rings is 1. The van der Waals surface area contributed by atoms with E-state index < -0.39 is 5.56 Å². The summed E-state index contributed by atoms with van der Waals surface area (Å²) >= 11 is 0. The fraction of sp³-hybridized carbons (Fsp3) is 0.105. The Hall–Kier alpha value is -3.01. The number of benzene rings is 2. The monoisotopic (exact) mass is 307 g/mol. The minimum atomic E-state index is -0.456. The van der Waals surface area contributed by atoms with Gasteiger partial charge in [0, 0.05) is 6.07 Å². The van der Waals surface area contributed by atoms with E-state index in [1.807, 2.05) is 54.6 Å². The van der Waals surface area contributed by atoms with Crippen molar-refractivity contribution in [3.8, 4) is 16.9 Å². The summed E-state index contributed by atoms with van der Waals surface area (Å²) < 4.78 is 6.27. The topological polar surface area (TPSA) is 51.5 Å². The lowest BCUT2D eigenvalue weighted by atomic mass is 10.1. The van der Waals surface area contributed by atoms with Crippen LogP contribution >= 0.6 is 0 Å². The van der Waals surface area contributed by atoms with Crippen LogP contribution in [0.4, 0.5) is 0 Å². The maximum Gasteiger partial charge on any atom is 0.283 e. The third kappa shape index (κ3) is 3.43. The Bertz CT molecular complexity index is 852. The van der Waals surface area contributed by atoms with Gasteiger partial charge in [-0.15, -0.1) is 4.73 Å². The number of hydrogen-bond acceptors (Lipinski definition) is 3. The fourth-order valence-corrected chi connectivity index (χ4v) is 2.40. The minimum Gasteiger partial charge on any atom is -0.487 e. The van der Waals surface area contributed by atoms with Crippen LogP contribution in [-0.4, -0.2) is 9.94 Å². The Balaban J connectivity index is 1.74. The molecule has 2 aromatic carbocycles. The van der Waals surface area contributed by atoms with Gasteiger partial charge in [0.2, 0.25) is 0 Å². The molecule has 0 fully saturated rings. The molecule has 0 spiro atoms. The molecular weight excluding hydrogens is 290 g/mol. The van der Waals surface area contributed by atoms with E-state index in [1.54, 1.807) is 13.0 Å². The number of aryl methyl sites for hydroxylation is 1. The van der Waals surface area contributed by atoms with Crippen molar-refractivity contribution in [1.82, 2.24) is 4.73 Å². The SMILES string of the molecule is Cc1cc(COc2ccc(-c3ccccc3)cc2)n(O)c(=O)c1. The molecule has 0 bridgehead atoms. The molecular formula is C19H17NO3. The molecule has 1 N–H and O–H groups in total. The first-order valence-corrected chi connectivity index (χ1v) is 7.33. The van der Waals surface area contributed by atoms with E-state index in [0.717, 1.165) is 16.7 Å². The lowest BCUT2D eigenvalue weighted by Crippen LogP contribution is -2.21. The lowest BCUT2D eigenvalue weighted by molar-refractivity contribution is 0.147. The molecule has 1 aromatic heterocycles. The second-order valence-electron chi connectivity index (χ2n) is 5.35. The summed E-state index contributed by atoms with van der Waals surface area (Å²) in [7, 11) is 0. The Morgan fingerprint density at radius 2 is 1.61 bits per heavy atom. The van der Waals surface area contributed by atoms with Crippen LogP contribution in [0.3, 0.4) is 0 Å². The first kappa shape index (κ1) is 14.9. The highest BCUT2D eigenvalue weighted by Crippen LogP contribution is 2.22. The molecule has 23 heavy (non-hydrogen) atoms. The van der Waals surface area contributed by atoms with Crippen molar-refractivity contribution >= 4 is 0 Å². The quantitative estimate of drug-likeness (QED) is 0.749. The maximum atomic E-state index is 11.5. The van der Waals surface area contributed by atoms with Crippen molar-refractivity contribution in [2.45, 2.75) is 13.5 Å². The van der Waals surface area contributed by atoms with Gasteiger partial charge >= 0.3 is 0 Å². The first-order chi connectivity index (χ1) is 11.1. The number of hydrogen-bond donors (Lipinski definition) is 1. The summed E-state index contributed by atoms with van der Waals surface area (Å²) in [6.45, 7) is 1.93. The van der Waals surface area contributed by atoms with Gasteiger partial charge in [0.1, 0.15) is 12.4 Å². The second-order valence-corrected chi connectivity index (χ2v) is 5.35. The van der Waals surface area contributed by atoms with Crippen LogP contribution in [0, 0.1) is 6.92 Å². The van der Waals surface area contributed by atoms with Gasteiger partial charge in [0.15, 0.2) is 0 Å². The van der Waals surface area contributed by atoms with Crippen molar-refractivity contribution in [3.63, 3.8) is 0 Å². The highest BCUT2D eigenvalue weighted by atomic mass is 16.5. The highest BCUT2D eigenvalue weighted by molar-refractivity contribution is 5.63. The molecule has 0 unspecified atom stereocenters. The maximum absolute atomic E-state index is 11.5. The van der Waals surface area contributed by atoms with E-state index in [1.165, 1.54) is 6.07 Å². The van der Waals surface area contributed by atoms with E-state index in [9.17, 15) is 10.0 Å². The van der Waals surface area contributed by atoms with Crippen LogP contribution in [0.5, 0.6) is 5.75 Å². The summed E-state index contributed by atoms with van der Waals surface area (Å²) in [5.41, 5.74) is 3.00. The normalized spacial score (nSPS) is 10.5. The molecule has 0 aliphatic rings. The molecule has 0 atom stereocenters. The largest absolute Gasteiger partial charge is 0.487 e. The van der Waals surface area contributed by atoms with Crippen molar-refractivity contribution in [3.05, 3.63) is 88.3 Å². The molecule has 4 heteroatoms. The zero-order valence-electron chi connectivity index (χ0n) is 12.8. The highest BCUT2D eigenvalue weighted by Gasteiger charge is 2.05. The Morgan fingerprint density at radius 1 is 0.957 bits per heavy atom. The first-order valence-electron chi connectivity index (χ1n) is 7.33. The summed E-state index contributed by atoms with van der Waals surface area (Å²) in [4.78, 5) is 11.5. The second kappa shape index (κ2) is 6.40. The van der Waals surface area contributed by atoms with Gasteiger partial charge in [-0.25, -0.2) is 0 Å². The zero-order valence-corrected chi connectivity index (χ0v) is 12.8. The molecule has 0 aliphatic heterocycles. The van der Waals surface area contributed by atoms with E-state index >= 15 is 0 Å². The summed E-state index contributed by atoms with van der Waals surface area (Å²) in [6, 6.07) is 20.9. The fourth-order valence-electron chi connectivity index (χ4n) is 2.40. The Morgan fingerprint density at radius 3 is 2.30 bits per heavy atom. The van der Waals surface area contributed by atoms with Gasteiger partial charge in [0.05, 0.1) is 5.69 Å². The summed E-state index contributed by atoms with van der Waals surface area (Å²) in [6.07, 6.45) is 0. The van der Waals surface area contributed by atoms with Gasteiger partial charge < -0.3 is 9.94 Å². The van der Waals surface area contributed by atoms with Crippen molar-refractivity contribution in [2.75, 3.05) is 0 Å². The number of aromatic nitrogens is 1. The third-order valence-electron chi connectivity index (χ3n) is 3.57. The average Bonchev–Trinajstić information content (AvgIpc) is 2.58. The van der Waals surface area contributed by atoms with E-state index in [2.05, 4.69) is 0 Å². The van der Waals surface area contributed by atoms with Crippen LogP contribution in [0.2, 0.25) is 0 Å². The van der Waals surface area contributed by atoms with Crippen molar-refractivity contribution < 1.29 is 9.94 Å².